The van der Waals surface area contributed by atoms with Crippen LogP contribution in [-0.4, -0.2) is 40.1 Å². The second kappa shape index (κ2) is 6.61. The maximum absolute atomic E-state index is 4.53. The van der Waals surface area contributed by atoms with E-state index < -0.39 is 0 Å². The summed E-state index contributed by atoms with van der Waals surface area (Å²) in [5.41, 5.74) is 0. The van der Waals surface area contributed by atoms with Gasteiger partial charge in [0.1, 0.15) is 0 Å². The molecule has 20 heavy (non-hydrogen) atoms. The van der Waals surface area contributed by atoms with Gasteiger partial charge in [-0.2, -0.15) is 0 Å². The third-order valence-corrected chi connectivity index (χ3v) is 4.93. The van der Waals surface area contributed by atoms with Crippen LogP contribution in [0.5, 0.6) is 0 Å². The largest absolute Gasteiger partial charge is 0.353 e. The number of imidazole rings is 1. The van der Waals surface area contributed by atoms with E-state index in [2.05, 4.69) is 32.9 Å². The highest BCUT2D eigenvalue weighted by Crippen LogP contribution is 2.23. The van der Waals surface area contributed by atoms with Crippen molar-refractivity contribution in [2.75, 3.05) is 25.0 Å². The molecule has 4 heteroatoms. The van der Waals surface area contributed by atoms with Gasteiger partial charge in [0.05, 0.1) is 0 Å². The molecule has 2 fully saturated rings. The fourth-order valence-corrected chi connectivity index (χ4v) is 3.65. The molecule has 0 aromatic carbocycles. The van der Waals surface area contributed by atoms with Gasteiger partial charge in [-0.05, 0) is 38.3 Å². The minimum atomic E-state index is 0.639. The Bertz CT molecular complexity index is 408. The summed E-state index contributed by atoms with van der Waals surface area (Å²) >= 11 is 0. The lowest BCUT2D eigenvalue weighted by Crippen LogP contribution is -2.25. The van der Waals surface area contributed by atoms with E-state index in [9.17, 15) is 0 Å². The first-order chi connectivity index (χ1) is 9.85. The lowest BCUT2D eigenvalue weighted by molar-refractivity contribution is 0.333. The van der Waals surface area contributed by atoms with E-state index in [1.165, 1.54) is 58.2 Å². The third kappa shape index (κ3) is 3.35. The maximum atomic E-state index is 4.53. The topological polar surface area (TPSA) is 33.1 Å². The summed E-state index contributed by atoms with van der Waals surface area (Å²) in [6, 6.07) is 0.639. The van der Waals surface area contributed by atoms with Crippen LogP contribution in [0.1, 0.15) is 45.4 Å². The number of nitrogens with one attached hydrogen (secondary N) is 1. The maximum Gasteiger partial charge on any atom is 0.202 e. The Hall–Kier alpha value is -1.03. The first kappa shape index (κ1) is 13.9. The SMILES string of the molecule is CCN1CCC(Cn2ccnc2NC2CCCCC2)C1. The van der Waals surface area contributed by atoms with Crippen molar-refractivity contribution >= 4 is 5.95 Å². The molecule has 112 valence electrons. The summed E-state index contributed by atoms with van der Waals surface area (Å²) in [6.45, 7) is 7.08. The Morgan fingerprint density at radius 3 is 2.85 bits per heavy atom. The Kier molecular flexibility index (Phi) is 4.61. The van der Waals surface area contributed by atoms with Crippen molar-refractivity contribution in [1.29, 1.82) is 0 Å². The van der Waals surface area contributed by atoms with Gasteiger partial charge in [-0.25, -0.2) is 4.98 Å². The molecule has 1 saturated carbocycles. The van der Waals surface area contributed by atoms with Crippen molar-refractivity contribution in [3.63, 3.8) is 0 Å². The molecule has 1 aliphatic carbocycles. The number of anilines is 1. The molecule has 1 aliphatic heterocycles. The Labute approximate surface area is 122 Å². The molecule has 0 bridgehead atoms. The van der Waals surface area contributed by atoms with E-state index in [0.717, 1.165) is 18.4 Å². The zero-order valence-corrected chi connectivity index (χ0v) is 12.7. The lowest BCUT2D eigenvalue weighted by Gasteiger charge is -2.24. The zero-order valence-electron chi connectivity index (χ0n) is 12.7. The van der Waals surface area contributed by atoms with Crippen LogP contribution in [-0.2, 0) is 6.54 Å². The van der Waals surface area contributed by atoms with Gasteiger partial charge in [0, 0.05) is 31.5 Å². The normalized spacial score (nSPS) is 25.1. The molecule has 1 aromatic rings. The molecule has 0 radical (unpaired) electrons. The van der Waals surface area contributed by atoms with Gasteiger partial charge in [-0.3, -0.25) is 0 Å². The van der Waals surface area contributed by atoms with Gasteiger partial charge < -0.3 is 14.8 Å². The second-order valence-corrected chi connectivity index (χ2v) is 6.43. The molecule has 2 heterocycles. The van der Waals surface area contributed by atoms with Crippen molar-refractivity contribution in [2.24, 2.45) is 5.92 Å². The van der Waals surface area contributed by atoms with E-state index in [-0.39, 0.29) is 0 Å². The fraction of sp³-hybridized carbons (Fsp3) is 0.812. The van der Waals surface area contributed by atoms with Crippen LogP contribution in [0.3, 0.4) is 0 Å². The van der Waals surface area contributed by atoms with Crippen LogP contribution in [0.4, 0.5) is 5.95 Å². The lowest BCUT2D eigenvalue weighted by atomic mass is 9.96. The number of nitrogens with zero attached hydrogens (tertiary/aromatic N) is 3. The smallest absolute Gasteiger partial charge is 0.202 e. The average Bonchev–Trinajstić information content (AvgIpc) is 3.10. The van der Waals surface area contributed by atoms with Crippen LogP contribution < -0.4 is 5.32 Å². The molecule has 2 aliphatic rings. The fourth-order valence-electron chi connectivity index (χ4n) is 3.65. The second-order valence-electron chi connectivity index (χ2n) is 6.43. The average molecular weight is 276 g/mol. The van der Waals surface area contributed by atoms with Crippen molar-refractivity contribution in [2.45, 2.75) is 58.0 Å². The summed E-state index contributed by atoms with van der Waals surface area (Å²) in [4.78, 5) is 7.08. The van der Waals surface area contributed by atoms with E-state index >= 15 is 0 Å². The van der Waals surface area contributed by atoms with E-state index in [1.54, 1.807) is 0 Å². The van der Waals surface area contributed by atoms with Crippen LogP contribution in [0.2, 0.25) is 0 Å². The molecule has 1 N–H and O–H groups in total. The number of likely N-dealkylation sites (tertiary alicyclic amines) is 1. The standard InChI is InChI=1S/C16H28N4/c1-2-19-10-8-14(12-19)13-20-11-9-17-16(20)18-15-6-4-3-5-7-15/h9,11,14-15H,2-8,10,12-13H2,1H3,(H,17,18). The van der Waals surface area contributed by atoms with Gasteiger partial charge in [-0.15, -0.1) is 0 Å². The minimum absolute atomic E-state index is 0.639. The molecule has 1 unspecified atom stereocenters. The number of aromatic nitrogens is 2. The number of rotatable bonds is 5. The molecule has 4 nitrogen and oxygen atoms in total. The predicted molar refractivity (Wildman–Crippen MR) is 82.9 cm³/mol. The quantitative estimate of drug-likeness (QED) is 0.897. The Morgan fingerprint density at radius 1 is 1.25 bits per heavy atom. The number of hydrogen-bond acceptors (Lipinski definition) is 3. The molecule has 1 saturated heterocycles. The van der Waals surface area contributed by atoms with E-state index in [1.807, 2.05) is 6.20 Å². The predicted octanol–water partition coefficient (Wildman–Crippen LogP) is 2.97. The van der Waals surface area contributed by atoms with Crippen LogP contribution in [0.15, 0.2) is 12.4 Å². The van der Waals surface area contributed by atoms with Crippen molar-refractivity contribution < 1.29 is 0 Å². The summed E-state index contributed by atoms with van der Waals surface area (Å²) in [7, 11) is 0. The zero-order chi connectivity index (χ0) is 13.8. The van der Waals surface area contributed by atoms with Crippen LogP contribution in [0.25, 0.3) is 0 Å². The number of hydrogen-bond donors (Lipinski definition) is 1. The van der Waals surface area contributed by atoms with Crippen molar-refractivity contribution in [1.82, 2.24) is 14.5 Å². The third-order valence-electron chi connectivity index (χ3n) is 4.93. The minimum Gasteiger partial charge on any atom is -0.353 e. The summed E-state index contributed by atoms with van der Waals surface area (Å²) < 4.78 is 2.33. The molecule has 1 atom stereocenters. The molecule has 0 spiro atoms. The van der Waals surface area contributed by atoms with Gasteiger partial charge in [0.25, 0.3) is 0 Å². The van der Waals surface area contributed by atoms with E-state index in [0.29, 0.717) is 6.04 Å². The molecule has 3 rings (SSSR count). The highest BCUT2D eigenvalue weighted by Gasteiger charge is 2.22. The van der Waals surface area contributed by atoms with Crippen molar-refractivity contribution in [3.05, 3.63) is 12.4 Å². The highest BCUT2D eigenvalue weighted by molar-refractivity contribution is 5.27. The summed E-state index contributed by atoms with van der Waals surface area (Å²) in [5.74, 6) is 1.88. The molecule has 1 aromatic heterocycles. The van der Waals surface area contributed by atoms with E-state index in [4.69, 9.17) is 0 Å². The van der Waals surface area contributed by atoms with Crippen LogP contribution in [0, 0.1) is 5.92 Å². The summed E-state index contributed by atoms with van der Waals surface area (Å²) in [5, 5.41) is 3.67. The highest BCUT2D eigenvalue weighted by atomic mass is 15.2. The Morgan fingerprint density at radius 2 is 2.10 bits per heavy atom. The van der Waals surface area contributed by atoms with Gasteiger partial charge in [-0.1, -0.05) is 26.2 Å². The monoisotopic (exact) mass is 276 g/mol. The van der Waals surface area contributed by atoms with Gasteiger partial charge in [0.15, 0.2) is 0 Å². The van der Waals surface area contributed by atoms with Gasteiger partial charge >= 0.3 is 0 Å². The van der Waals surface area contributed by atoms with Gasteiger partial charge in [0.2, 0.25) is 5.95 Å². The first-order valence-corrected chi connectivity index (χ1v) is 8.35. The first-order valence-electron chi connectivity index (χ1n) is 8.35. The molecule has 0 amide bonds. The molecular weight excluding hydrogens is 248 g/mol. The molecular formula is C16H28N4. The van der Waals surface area contributed by atoms with Crippen LogP contribution >= 0.6 is 0 Å². The Balaban J connectivity index is 1.56. The van der Waals surface area contributed by atoms with Crippen molar-refractivity contribution in [3.8, 4) is 0 Å². The summed E-state index contributed by atoms with van der Waals surface area (Å²) in [6.07, 6.45) is 12.2.